The minimum Gasteiger partial charge on any atom is -0.330 e. The third-order valence-corrected chi connectivity index (χ3v) is 3.61. The number of aromatic nitrogens is 1. The van der Waals surface area contributed by atoms with E-state index in [4.69, 9.17) is 5.73 Å². The summed E-state index contributed by atoms with van der Waals surface area (Å²) >= 11 is 1.66. The predicted molar refractivity (Wildman–Crippen MR) is 57.9 cm³/mol. The van der Waals surface area contributed by atoms with Gasteiger partial charge in [-0.3, -0.25) is 0 Å². The van der Waals surface area contributed by atoms with Gasteiger partial charge in [-0.05, 0) is 31.2 Å². The molecule has 0 amide bonds. The standard InChI is InChI=1S/C10H18N2S/c1-3-10(4-2,7-11)5-9-6-13-8-12-9/h6,8H,3-5,7,11H2,1-2H3. The smallest absolute Gasteiger partial charge is 0.0794 e. The van der Waals surface area contributed by atoms with E-state index >= 15 is 0 Å². The Morgan fingerprint density at radius 2 is 2.15 bits per heavy atom. The molecule has 1 rings (SSSR count). The van der Waals surface area contributed by atoms with Gasteiger partial charge in [-0.25, -0.2) is 4.98 Å². The van der Waals surface area contributed by atoms with Gasteiger partial charge in [0.15, 0.2) is 0 Å². The third kappa shape index (κ3) is 2.51. The van der Waals surface area contributed by atoms with Crippen LogP contribution in [0.4, 0.5) is 0 Å². The lowest BCUT2D eigenvalue weighted by Gasteiger charge is -2.29. The SMILES string of the molecule is CCC(CC)(CN)Cc1cscn1. The van der Waals surface area contributed by atoms with Crippen LogP contribution in [0.1, 0.15) is 32.4 Å². The van der Waals surface area contributed by atoms with E-state index in [1.54, 1.807) is 11.3 Å². The largest absolute Gasteiger partial charge is 0.330 e. The van der Waals surface area contributed by atoms with E-state index in [1.165, 1.54) is 5.69 Å². The first-order valence-corrected chi connectivity index (χ1v) is 5.77. The number of hydrogen-bond donors (Lipinski definition) is 1. The molecule has 0 aliphatic carbocycles. The van der Waals surface area contributed by atoms with Crippen molar-refractivity contribution in [2.24, 2.45) is 11.1 Å². The van der Waals surface area contributed by atoms with Gasteiger partial charge in [0, 0.05) is 5.38 Å². The summed E-state index contributed by atoms with van der Waals surface area (Å²) in [5, 5.41) is 2.12. The minimum absolute atomic E-state index is 0.272. The summed E-state index contributed by atoms with van der Waals surface area (Å²) in [7, 11) is 0. The monoisotopic (exact) mass is 198 g/mol. The first-order chi connectivity index (χ1) is 6.26. The molecule has 0 saturated heterocycles. The average molecular weight is 198 g/mol. The number of hydrogen-bond acceptors (Lipinski definition) is 3. The molecule has 0 unspecified atom stereocenters. The van der Waals surface area contributed by atoms with Crippen LogP contribution in [-0.2, 0) is 6.42 Å². The molecular formula is C10H18N2S. The molecule has 1 heterocycles. The molecule has 0 spiro atoms. The van der Waals surface area contributed by atoms with Crippen LogP contribution in [-0.4, -0.2) is 11.5 Å². The molecular weight excluding hydrogens is 180 g/mol. The van der Waals surface area contributed by atoms with Crippen LogP contribution < -0.4 is 5.73 Å². The Bertz CT molecular complexity index is 219. The van der Waals surface area contributed by atoms with E-state index < -0.39 is 0 Å². The summed E-state index contributed by atoms with van der Waals surface area (Å²) in [4.78, 5) is 4.31. The highest BCUT2D eigenvalue weighted by molar-refractivity contribution is 7.07. The molecule has 1 aromatic rings. The molecule has 2 nitrogen and oxygen atoms in total. The van der Waals surface area contributed by atoms with Gasteiger partial charge < -0.3 is 5.73 Å². The molecule has 1 aromatic heterocycles. The Balaban J connectivity index is 2.67. The molecule has 0 aliphatic heterocycles. The molecule has 0 bridgehead atoms. The second kappa shape index (κ2) is 4.72. The van der Waals surface area contributed by atoms with Crippen molar-refractivity contribution in [3.05, 3.63) is 16.6 Å². The summed E-state index contributed by atoms with van der Waals surface area (Å²) in [6.45, 7) is 5.18. The van der Waals surface area contributed by atoms with Crippen LogP contribution in [0.25, 0.3) is 0 Å². The fourth-order valence-corrected chi connectivity index (χ4v) is 2.13. The van der Waals surface area contributed by atoms with E-state index in [1.807, 2.05) is 5.51 Å². The number of nitrogens with two attached hydrogens (primary N) is 1. The minimum atomic E-state index is 0.272. The summed E-state index contributed by atoms with van der Waals surface area (Å²) in [6.07, 6.45) is 3.30. The Kier molecular flexibility index (Phi) is 3.88. The predicted octanol–water partition coefficient (Wildman–Crippen LogP) is 2.45. The van der Waals surface area contributed by atoms with Gasteiger partial charge in [0.25, 0.3) is 0 Å². The average Bonchev–Trinajstić information content (AvgIpc) is 2.67. The van der Waals surface area contributed by atoms with Crippen LogP contribution in [0, 0.1) is 5.41 Å². The van der Waals surface area contributed by atoms with E-state index in [2.05, 4.69) is 24.2 Å². The second-order valence-corrected chi connectivity index (χ2v) is 4.29. The van der Waals surface area contributed by atoms with E-state index in [-0.39, 0.29) is 5.41 Å². The number of nitrogens with zero attached hydrogens (tertiary/aromatic N) is 1. The van der Waals surface area contributed by atoms with Gasteiger partial charge in [-0.1, -0.05) is 13.8 Å². The highest BCUT2D eigenvalue weighted by Gasteiger charge is 2.25. The Labute approximate surface area is 84.2 Å². The maximum atomic E-state index is 5.82. The van der Waals surface area contributed by atoms with Crippen molar-refractivity contribution in [1.29, 1.82) is 0 Å². The quantitative estimate of drug-likeness (QED) is 0.789. The zero-order chi connectivity index (χ0) is 9.73. The molecule has 0 aliphatic rings. The lowest BCUT2D eigenvalue weighted by atomic mass is 9.78. The second-order valence-electron chi connectivity index (χ2n) is 3.57. The van der Waals surface area contributed by atoms with Crippen LogP contribution in [0.3, 0.4) is 0 Å². The summed E-state index contributed by atoms with van der Waals surface area (Å²) in [6, 6.07) is 0. The molecule has 0 saturated carbocycles. The van der Waals surface area contributed by atoms with Crippen molar-refractivity contribution in [1.82, 2.24) is 4.98 Å². The van der Waals surface area contributed by atoms with Crippen LogP contribution in [0.15, 0.2) is 10.9 Å². The van der Waals surface area contributed by atoms with Crippen molar-refractivity contribution in [3.8, 4) is 0 Å². The lowest BCUT2D eigenvalue weighted by Crippen LogP contribution is -2.31. The fourth-order valence-electron chi connectivity index (χ4n) is 1.57. The number of thiazole rings is 1. The third-order valence-electron chi connectivity index (χ3n) is 2.97. The van der Waals surface area contributed by atoms with E-state index in [9.17, 15) is 0 Å². The Morgan fingerprint density at radius 1 is 1.46 bits per heavy atom. The maximum Gasteiger partial charge on any atom is 0.0794 e. The molecule has 0 atom stereocenters. The van der Waals surface area contributed by atoms with Gasteiger partial charge in [0.1, 0.15) is 0 Å². The summed E-state index contributed by atoms with van der Waals surface area (Å²) in [5.41, 5.74) is 9.18. The Morgan fingerprint density at radius 3 is 2.54 bits per heavy atom. The van der Waals surface area contributed by atoms with Crippen molar-refractivity contribution in [2.75, 3.05) is 6.54 Å². The van der Waals surface area contributed by atoms with E-state index in [0.717, 1.165) is 25.8 Å². The summed E-state index contributed by atoms with van der Waals surface area (Å²) in [5.74, 6) is 0. The molecule has 0 radical (unpaired) electrons. The Hall–Kier alpha value is -0.410. The van der Waals surface area contributed by atoms with Crippen LogP contribution >= 0.6 is 11.3 Å². The van der Waals surface area contributed by atoms with Crippen molar-refractivity contribution >= 4 is 11.3 Å². The highest BCUT2D eigenvalue weighted by atomic mass is 32.1. The van der Waals surface area contributed by atoms with Gasteiger partial charge in [0.05, 0.1) is 11.2 Å². The first kappa shape index (κ1) is 10.7. The normalized spacial score (nSPS) is 11.9. The zero-order valence-corrected chi connectivity index (χ0v) is 9.23. The van der Waals surface area contributed by atoms with Crippen LogP contribution in [0.5, 0.6) is 0 Å². The topological polar surface area (TPSA) is 38.9 Å². The van der Waals surface area contributed by atoms with Crippen molar-refractivity contribution in [2.45, 2.75) is 33.1 Å². The molecule has 0 aromatic carbocycles. The number of rotatable bonds is 5. The van der Waals surface area contributed by atoms with Gasteiger partial charge in [0.2, 0.25) is 0 Å². The lowest BCUT2D eigenvalue weighted by molar-refractivity contribution is 0.269. The van der Waals surface area contributed by atoms with Gasteiger partial charge >= 0.3 is 0 Å². The first-order valence-electron chi connectivity index (χ1n) is 4.83. The molecule has 0 fully saturated rings. The van der Waals surface area contributed by atoms with Crippen molar-refractivity contribution < 1.29 is 0 Å². The molecule has 74 valence electrons. The van der Waals surface area contributed by atoms with Gasteiger partial charge in [-0.15, -0.1) is 11.3 Å². The highest BCUT2D eigenvalue weighted by Crippen LogP contribution is 2.29. The molecule has 3 heteroatoms. The van der Waals surface area contributed by atoms with E-state index in [0.29, 0.717) is 0 Å². The van der Waals surface area contributed by atoms with Crippen LogP contribution in [0.2, 0.25) is 0 Å². The van der Waals surface area contributed by atoms with Crippen molar-refractivity contribution in [3.63, 3.8) is 0 Å². The molecule has 2 N–H and O–H groups in total. The zero-order valence-electron chi connectivity index (χ0n) is 8.42. The maximum absolute atomic E-state index is 5.82. The fraction of sp³-hybridized carbons (Fsp3) is 0.700. The molecule has 13 heavy (non-hydrogen) atoms. The van der Waals surface area contributed by atoms with Gasteiger partial charge in [-0.2, -0.15) is 0 Å². The summed E-state index contributed by atoms with van der Waals surface area (Å²) < 4.78 is 0.